The highest BCUT2D eigenvalue weighted by Crippen LogP contribution is 2.50. The number of aromatic hydroxyl groups is 1. The maximum Gasteiger partial charge on any atom is 0.303 e. The SMILES string of the molecule is CCC1=C2[C@@H](CC/C(=C/c3ccc(O)cc3Cl)c3ccccn3)OC[C@@H]2[C@@H]2C(=O)N(CCCCCC(=O)O)C(=O)[C@@H]2C1. The number of likely N-dealkylation sites (tertiary alicyclic amines) is 1. The van der Waals surface area contributed by atoms with Gasteiger partial charge in [-0.2, -0.15) is 0 Å². The number of unbranched alkanes of at least 4 members (excludes halogenated alkanes) is 2. The Bertz CT molecular complexity index is 1400. The van der Waals surface area contributed by atoms with Crippen molar-refractivity contribution < 1.29 is 29.3 Å². The van der Waals surface area contributed by atoms with Crippen LogP contribution in [0.15, 0.2) is 53.7 Å². The summed E-state index contributed by atoms with van der Waals surface area (Å²) in [4.78, 5) is 43.7. The van der Waals surface area contributed by atoms with E-state index in [-0.39, 0.29) is 41.9 Å². The Hall–Kier alpha value is -3.49. The second-order valence-electron chi connectivity index (χ2n) is 11.3. The number of carboxylic acid groups (broad SMARTS) is 1. The van der Waals surface area contributed by atoms with Gasteiger partial charge in [-0.05, 0) is 91.6 Å². The summed E-state index contributed by atoms with van der Waals surface area (Å²) in [7, 11) is 0. The van der Waals surface area contributed by atoms with Gasteiger partial charge in [0.05, 0.1) is 35.3 Å². The van der Waals surface area contributed by atoms with E-state index in [4.69, 9.17) is 21.4 Å². The first-order valence-electron chi connectivity index (χ1n) is 14.8. The van der Waals surface area contributed by atoms with Crippen LogP contribution in [0.4, 0.5) is 0 Å². The number of phenols is 1. The van der Waals surface area contributed by atoms with E-state index in [1.54, 1.807) is 18.3 Å². The molecule has 4 atom stereocenters. The third-order valence-electron chi connectivity index (χ3n) is 8.78. The molecule has 1 aromatic carbocycles. The van der Waals surface area contributed by atoms with Crippen molar-refractivity contribution in [1.82, 2.24) is 9.88 Å². The number of hydrogen-bond donors (Lipinski definition) is 2. The normalized spacial score (nSPS) is 23.9. The Morgan fingerprint density at radius 2 is 1.95 bits per heavy atom. The molecule has 2 amide bonds. The molecule has 1 aromatic heterocycles. The van der Waals surface area contributed by atoms with Crippen LogP contribution in [0, 0.1) is 17.8 Å². The molecule has 42 heavy (non-hydrogen) atoms. The number of imide groups is 1. The fraction of sp³-hybridized carbons (Fsp3) is 0.455. The molecule has 0 unspecified atom stereocenters. The number of pyridine rings is 1. The van der Waals surface area contributed by atoms with Crippen LogP contribution in [-0.4, -0.2) is 57.1 Å². The minimum absolute atomic E-state index is 0.0946. The van der Waals surface area contributed by atoms with Crippen molar-refractivity contribution in [2.24, 2.45) is 17.8 Å². The van der Waals surface area contributed by atoms with Crippen LogP contribution < -0.4 is 0 Å². The lowest BCUT2D eigenvalue weighted by Gasteiger charge is -2.31. The number of rotatable bonds is 12. The number of hydrogen-bond acceptors (Lipinski definition) is 6. The minimum Gasteiger partial charge on any atom is -0.508 e. The maximum atomic E-state index is 13.6. The number of fused-ring (bicyclic) bond motifs is 3. The molecule has 2 aromatic rings. The number of aromatic nitrogens is 1. The van der Waals surface area contributed by atoms with Gasteiger partial charge < -0.3 is 14.9 Å². The molecule has 3 heterocycles. The Kier molecular flexibility index (Phi) is 9.43. The van der Waals surface area contributed by atoms with Crippen LogP contribution in [0.5, 0.6) is 5.75 Å². The number of carbonyl (C=O) groups is 3. The number of ether oxygens (including phenoxy) is 1. The van der Waals surface area contributed by atoms with Crippen molar-refractivity contribution in [3.8, 4) is 5.75 Å². The lowest BCUT2D eigenvalue weighted by Crippen LogP contribution is -2.34. The molecule has 0 spiro atoms. The number of benzene rings is 1. The number of carbonyl (C=O) groups excluding carboxylic acids is 2. The predicted molar refractivity (Wildman–Crippen MR) is 159 cm³/mol. The van der Waals surface area contributed by atoms with E-state index in [0.29, 0.717) is 56.7 Å². The molecule has 1 aliphatic carbocycles. The quantitative estimate of drug-likeness (QED) is 0.173. The Labute approximate surface area is 251 Å². The number of allylic oxidation sites excluding steroid dienone is 2. The van der Waals surface area contributed by atoms with Gasteiger partial charge in [0.1, 0.15) is 5.75 Å². The van der Waals surface area contributed by atoms with Crippen LogP contribution in [-0.2, 0) is 19.1 Å². The third kappa shape index (κ3) is 6.30. The first-order valence-corrected chi connectivity index (χ1v) is 15.2. The molecule has 0 radical (unpaired) electrons. The second kappa shape index (κ2) is 13.2. The lowest BCUT2D eigenvalue weighted by atomic mass is 9.69. The fourth-order valence-corrected chi connectivity index (χ4v) is 6.98. The topological polar surface area (TPSA) is 117 Å². The Morgan fingerprint density at radius 3 is 2.67 bits per heavy atom. The smallest absolute Gasteiger partial charge is 0.303 e. The molecule has 0 bridgehead atoms. The first kappa shape index (κ1) is 30.0. The molecule has 9 heteroatoms. The van der Waals surface area contributed by atoms with Gasteiger partial charge in [0.2, 0.25) is 11.8 Å². The Balaban J connectivity index is 1.32. The van der Waals surface area contributed by atoms with Gasteiger partial charge in [-0.3, -0.25) is 24.3 Å². The van der Waals surface area contributed by atoms with Gasteiger partial charge in [0.25, 0.3) is 0 Å². The van der Waals surface area contributed by atoms with E-state index in [1.807, 2.05) is 24.3 Å². The molecule has 2 aliphatic heterocycles. The van der Waals surface area contributed by atoms with Gasteiger partial charge in [-0.1, -0.05) is 36.6 Å². The van der Waals surface area contributed by atoms with Crippen molar-refractivity contribution in [2.75, 3.05) is 13.2 Å². The molecule has 2 fully saturated rings. The molecular weight excluding hydrogens is 556 g/mol. The van der Waals surface area contributed by atoms with Crippen LogP contribution in [0.3, 0.4) is 0 Å². The van der Waals surface area contributed by atoms with Gasteiger partial charge in [0, 0.05) is 25.1 Å². The fourth-order valence-electron chi connectivity index (χ4n) is 6.75. The van der Waals surface area contributed by atoms with E-state index in [0.717, 1.165) is 23.3 Å². The monoisotopic (exact) mass is 592 g/mol. The molecule has 5 rings (SSSR count). The number of phenolic OH excluding ortho intramolecular Hbond substituents is 1. The Morgan fingerprint density at radius 1 is 1.12 bits per heavy atom. The van der Waals surface area contributed by atoms with Crippen LogP contribution in [0.2, 0.25) is 5.02 Å². The van der Waals surface area contributed by atoms with Crippen molar-refractivity contribution in [2.45, 2.75) is 64.4 Å². The molecule has 222 valence electrons. The van der Waals surface area contributed by atoms with E-state index in [2.05, 4.69) is 11.9 Å². The average molecular weight is 593 g/mol. The zero-order chi connectivity index (χ0) is 29.8. The lowest BCUT2D eigenvalue weighted by molar-refractivity contribution is -0.141. The largest absolute Gasteiger partial charge is 0.508 e. The van der Waals surface area contributed by atoms with Crippen LogP contribution in [0.1, 0.15) is 69.5 Å². The van der Waals surface area contributed by atoms with Gasteiger partial charge in [-0.25, -0.2) is 0 Å². The predicted octanol–water partition coefficient (Wildman–Crippen LogP) is 6.13. The molecule has 2 saturated heterocycles. The van der Waals surface area contributed by atoms with Gasteiger partial charge >= 0.3 is 5.97 Å². The average Bonchev–Trinajstić information content (AvgIpc) is 3.50. The second-order valence-corrected chi connectivity index (χ2v) is 11.7. The molecule has 8 nitrogen and oxygen atoms in total. The summed E-state index contributed by atoms with van der Waals surface area (Å²) < 4.78 is 6.37. The van der Waals surface area contributed by atoms with Crippen molar-refractivity contribution in [3.05, 3.63) is 70.0 Å². The number of amides is 2. The third-order valence-corrected chi connectivity index (χ3v) is 9.11. The molecular formula is C33H37ClN2O6. The zero-order valence-electron chi connectivity index (χ0n) is 23.8. The number of nitrogens with zero attached hydrogens (tertiary/aromatic N) is 2. The summed E-state index contributed by atoms with van der Waals surface area (Å²) in [6.07, 6.45) is 8.25. The van der Waals surface area contributed by atoms with Crippen LogP contribution >= 0.6 is 11.6 Å². The van der Waals surface area contributed by atoms with Crippen molar-refractivity contribution in [3.63, 3.8) is 0 Å². The summed E-state index contributed by atoms with van der Waals surface area (Å²) in [6, 6.07) is 10.7. The van der Waals surface area contributed by atoms with E-state index in [1.165, 1.54) is 22.1 Å². The van der Waals surface area contributed by atoms with Crippen LogP contribution in [0.25, 0.3) is 11.6 Å². The van der Waals surface area contributed by atoms with Crippen molar-refractivity contribution >= 4 is 41.0 Å². The van der Waals surface area contributed by atoms with Gasteiger partial charge in [-0.15, -0.1) is 0 Å². The first-order chi connectivity index (χ1) is 20.3. The standard InChI is InChI=1S/C33H37ClN2O6/c1-2-20-17-24-31(33(41)36(32(24)40)15-7-3-4-9-29(38)39)25-19-42-28(30(20)25)13-11-22(27-8-5-6-14-35-27)16-21-10-12-23(37)18-26(21)34/h5-6,8,10,12,14,16,18,24-25,28,31,37H,2-4,7,9,11,13,15,17,19H2,1H3,(H,38,39)/b22-16-/t24-,25+,28-,31-/m1/s1. The molecule has 3 aliphatic rings. The number of carboxylic acids is 1. The summed E-state index contributed by atoms with van der Waals surface area (Å²) >= 11 is 6.42. The maximum absolute atomic E-state index is 13.6. The van der Waals surface area contributed by atoms with Crippen molar-refractivity contribution in [1.29, 1.82) is 0 Å². The zero-order valence-corrected chi connectivity index (χ0v) is 24.6. The highest BCUT2D eigenvalue weighted by molar-refractivity contribution is 6.32. The highest BCUT2D eigenvalue weighted by Gasteiger charge is 2.56. The number of halogens is 1. The minimum atomic E-state index is -0.831. The van der Waals surface area contributed by atoms with E-state index >= 15 is 0 Å². The number of aliphatic carboxylic acids is 1. The summed E-state index contributed by atoms with van der Waals surface area (Å²) in [5, 5.41) is 19.1. The summed E-state index contributed by atoms with van der Waals surface area (Å²) in [5.41, 5.74) is 5.01. The molecule has 0 saturated carbocycles. The molecule has 2 N–H and O–H groups in total. The summed E-state index contributed by atoms with van der Waals surface area (Å²) in [6.45, 7) is 2.86. The van der Waals surface area contributed by atoms with Gasteiger partial charge in [0.15, 0.2) is 0 Å². The summed E-state index contributed by atoms with van der Waals surface area (Å²) in [5.74, 6) is -1.78. The van der Waals surface area contributed by atoms with E-state index < -0.39 is 11.9 Å². The van der Waals surface area contributed by atoms with E-state index in [9.17, 15) is 19.5 Å². The highest BCUT2D eigenvalue weighted by atomic mass is 35.5.